The fraction of sp³-hybridized carbons (Fsp3) is 0.556. The molecule has 0 aromatic carbocycles. The summed E-state index contributed by atoms with van der Waals surface area (Å²) in [6.07, 6.45) is 6.12. The zero-order chi connectivity index (χ0) is 19.0. The van der Waals surface area contributed by atoms with Crippen LogP contribution in [0.25, 0.3) is 0 Å². The van der Waals surface area contributed by atoms with Crippen molar-refractivity contribution in [1.29, 1.82) is 0 Å². The summed E-state index contributed by atoms with van der Waals surface area (Å²) in [6.45, 7) is 5.22. The molecule has 2 aliphatic rings. The van der Waals surface area contributed by atoms with E-state index in [0.717, 1.165) is 30.5 Å². The second-order valence-corrected chi connectivity index (χ2v) is 7.32. The number of aryl methyl sites for hydroxylation is 1. The number of hydrogen-bond acceptors (Lipinski definition) is 5. The van der Waals surface area contributed by atoms with Crippen molar-refractivity contribution < 1.29 is 14.3 Å². The monoisotopic (exact) mass is 372 g/mol. The van der Waals surface area contributed by atoms with Crippen molar-refractivity contribution in [2.75, 3.05) is 18.4 Å². The summed E-state index contributed by atoms with van der Waals surface area (Å²) in [4.78, 5) is 26.8. The average Bonchev–Trinajstić information content (AvgIpc) is 3.30. The van der Waals surface area contributed by atoms with Crippen LogP contribution >= 0.6 is 0 Å². The van der Waals surface area contributed by atoms with Gasteiger partial charge in [-0.3, -0.25) is 19.4 Å². The second-order valence-electron chi connectivity index (χ2n) is 7.32. The predicted octanol–water partition coefficient (Wildman–Crippen LogP) is 0.983. The van der Waals surface area contributed by atoms with Crippen LogP contribution < -0.4 is 5.32 Å². The molecule has 9 heteroatoms. The number of carbonyl (C=O) groups is 2. The number of aromatic nitrogens is 4. The highest BCUT2D eigenvalue weighted by Gasteiger charge is 2.26. The van der Waals surface area contributed by atoms with E-state index >= 15 is 0 Å². The first-order valence-corrected chi connectivity index (χ1v) is 9.32. The van der Waals surface area contributed by atoms with Crippen LogP contribution in [0.5, 0.6) is 0 Å². The molecule has 2 atom stereocenters. The largest absolute Gasteiger partial charge is 0.372 e. The molecule has 0 spiro atoms. The molecule has 1 fully saturated rings. The summed E-state index contributed by atoms with van der Waals surface area (Å²) in [7, 11) is 0. The summed E-state index contributed by atoms with van der Waals surface area (Å²) in [5.74, 6) is -0.265. The first kappa shape index (κ1) is 17.7. The van der Waals surface area contributed by atoms with Crippen LogP contribution in [0.1, 0.15) is 42.0 Å². The van der Waals surface area contributed by atoms with Crippen LogP contribution in [-0.2, 0) is 28.9 Å². The Morgan fingerprint density at radius 1 is 1.30 bits per heavy atom. The third-order valence-electron chi connectivity index (χ3n) is 4.98. The van der Waals surface area contributed by atoms with Gasteiger partial charge in [0.25, 0.3) is 5.91 Å². The Kier molecular flexibility index (Phi) is 4.69. The number of hydrogen-bond donors (Lipinski definition) is 2. The van der Waals surface area contributed by atoms with Crippen LogP contribution in [0.2, 0.25) is 0 Å². The van der Waals surface area contributed by atoms with E-state index in [0.29, 0.717) is 24.5 Å². The Morgan fingerprint density at radius 2 is 2.07 bits per heavy atom. The Bertz CT molecular complexity index is 847. The van der Waals surface area contributed by atoms with Crippen molar-refractivity contribution >= 4 is 17.5 Å². The topological polar surface area (TPSA) is 105 Å². The van der Waals surface area contributed by atoms with Gasteiger partial charge in [0.15, 0.2) is 5.69 Å². The highest BCUT2D eigenvalue weighted by atomic mass is 16.5. The Hall–Kier alpha value is -2.68. The van der Waals surface area contributed by atoms with E-state index in [1.165, 1.54) is 4.68 Å². The maximum atomic E-state index is 12.5. The Morgan fingerprint density at radius 3 is 2.85 bits per heavy atom. The van der Waals surface area contributed by atoms with Crippen molar-refractivity contribution in [3.63, 3.8) is 0 Å². The minimum Gasteiger partial charge on any atom is -0.372 e. The lowest BCUT2D eigenvalue weighted by Crippen LogP contribution is -2.49. The molecule has 2 N–H and O–H groups in total. The molecule has 3 heterocycles. The van der Waals surface area contributed by atoms with E-state index in [2.05, 4.69) is 20.6 Å². The number of anilines is 1. The molecule has 27 heavy (non-hydrogen) atoms. The van der Waals surface area contributed by atoms with Gasteiger partial charge in [0, 0.05) is 30.5 Å². The van der Waals surface area contributed by atoms with Gasteiger partial charge in [-0.1, -0.05) is 0 Å². The molecule has 1 aliphatic heterocycles. The second kappa shape index (κ2) is 7.15. The summed E-state index contributed by atoms with van der Waals surface area (Å²) >= 11 is 0. The maximum Gasteiger partial charge on any atom is 0.276 e. The first-order valence-electron chi connectivity index (χ1n) is 9.32. The third-order valence-corrected chi connectivity index (χ3v) is 4.98. The molecular weight excluding hydrogens is 348 g/mol. The predicted molar refractivity (Wildman–Crippen MR) is 97.4 cm³/mol. The van der Waals surface area contributed by atoms with Gasteiger partial charge in [-0.25, -0.2) is 0 Å². The Labute approximate surface area is 157 Å². The van der Waals surface area contributed by atoms with Crippen LogP contribution in [-0.4, -0.2) is 62.0 Å². The van der Waals surface area contributed by atoms with E-state index in [4.69, 9.17) is 4.74 Å². The molecule has 144 valence electrons. The quantitative estimate of drug-likeness (QED) is 0.832. The summed E-state index contributed by atoms with van der Waals surface area (Å²) in [5, 5.41) is 14.1. The smallest absolute Gasteiger partial charge is 0.276 e. The fourth-order valence-electron chi connectivity index (χ4n) is 3.83. The SMILES string of the molecule is CC1CN(C(=O)Cn2cc(NC(=O)c3n[nH]c4c3CCC4)cn2)CC(C)O1. The lowest BCUT2D eigenvalue weighted by atomic mass is 10.2. The molecule has 0 bridgehead atoms. The number of amides is 2. The number of ether oxygens (including phenoxy) is 1. The van der Waals surface area contributed by atoms with Crippen LogP contribution in [0, 0.1) is 0 Å². The van der Waals surface area contributed by atoms with Gasteiger partial charge >= 0.3 is 0 Å². The van der Waals surface area contributed by atoms with Crippen LogP contribution in [0.4, 0.5) is 5.69 Å². The number of carbonyl (C=O) groups excluding carboxylic acids is 2. The zero-order valence-corrected chi connectivity index (χ0v) is 15.6. The molecule has 2 amide bonds. The van der Waals surface area contributed by atoms with Crippen LogP contribution in [0.15, 0.2) is 12.4 Å². The third kappa shape index (κ3) is 3.73. The lowest BCUT2D eigenvalue weighted by molar-refractivity contribution is -0.144. The normalized spacial score (nSPS) is 21.9. The van der Waals surface area contributed by atoms with E-state index < -0.39 is 0 Å². The number of aromatic amines is 1. The molecule has 4 rings (SSSR count). The van der Waals surface area contributed by atoms with Gasteiger partial charge in [0.05, 0.1) is 24.1 Å². The average molecular weight is 372 g/mol. The van der Waals surface area contributed by atoms with Gasteiger partial charge in [-0.15, -0.1) is 0 Å². The molecule has 9 nitrogen and oxygen atoms in total. The van der Waals surface area contributed by atoms with Gasteiger partial charge in [-0.05, 0) is 33.1 Å². The van der Waals surface area contributed by atoms with E-state index in [1.54, 1.807) is 17.3 Å². The van der Waals surface area contributed by atoms with Gasteiger partial charge in [0.1, 0.15) is 6.54 Å². The first-order chi connectivity index (χ1) is 13.0. The van der Waals surface area contributed by atoms with E-state index in [9.17, 15) is 9.59 Å². The number of H-pyrrole nitrogens is 1. The van der Waals surface area contributed by atoms with Gasteiger partial charge < -0.3 is 15.0 Å². The van der Waals surface area contributed by atoms with E-state index in [1.807, 2.05) is 13.8 Å². The van der Waals surface area contributed by atoms with Crippen molar-refractivity contribution in [1.82, 2.24) is 24.9 Å². The fourth-order valence-corrected chi connectivity index (χ4v) is 3.83. The minimum atomic E-state index is -0.254. The lowest BCUT2D eigenvalue weighted by Gasteiger charge is -2.35. The highest BCUT2D eigenvalue weighted by Crippen LogP contribution is 2.23. The van der Waals surface area contributed by atoms with Gasteiger partial charge in [-0.2, -0.15) is 10.2 Å². The highest BCUT2D eigenvalue weighted by molar-refractivity contribution is 6.04. The standard InChI is InChI=1S/C18H24N6O3/c1-11-7-23(8-12(2)27-11)16(25)10-24-9-13(6-19-24)20-18(26)17-14-4-3-5-15(14)21-22-17/h6,9,11-12H,3-5,7-8,10H2,1-2H3,(H,20,26)(H,21,22). The molecule has 0 saturated carbocycles. The van der Waals surface area contributed by atoms with Crippen molar-refractivity contribution in [3.8, 4) is 0 Å². The molecule has 2 aromatic rings. The van der Waals surface area contributed by atoms with Crippen molar-refractivity contribution in [2.45, 2.75) is 51.9 Å². The minimum absolute atomic E-state index is 0.0110. The van der Waals surface area contributed by atoms with Crippen molar-refractivity contribution in [3.05, 3.63) is 29.3 Å². The molecule has 0 radical (unpaired) electrons. The molecular formula is C18H24N6O3. The molecule has 1 saturated heterocycles. The zero-order valence-electron chi connectivity index (χ0n) is 15.6. The van der Waals surface area contributed by atoms with Crippen molar-refractivity contribution in [2.24, 2.45) is 0 Å². The summed E-state index contributed by atoms with van der Waals surface area (Å²) in [5.41, 5.74) is 3.05. The number of fused-ring (bicyclic) bond motifs is 1. The number of nitrogens with one attached hydrogen (secondary N) is 2. The number of nitrogens with zero attached hydrogens (tertiary/aromatic N) is 4. The Balaban J connectivity index is 1.37. The molecule has 1 aliphatic carbocycles. The van der Waals surface area contributed by atoms with Gasteiger partial charge in [0.2, 0.25) is 5.91 Å². The van der Waals surface area contributed by atoms with Crippen LogP contribution in [0.3, 0.4) is 0 Å². The van der Waals surface area contributed by atoms with E-state index in [-0.39, 0.29) is 30.6 Å². The summed E-state index contributed by atoms with van der Waals surface area (Å²) < 4.78 is 7.20. The maximum absolute atomic E-state index is 12.5. The number of morpholine rings is 1. The number of rotatable bonds is 4. The summed E-state index contributed by atoms with van der Waals surface area (Å²) in [6, 6.07) is 0. The molecule has 2 aromatic heterocycles. The molecule has 2 unspecified atom stereocenters.